The van der Waals surface area contributed by atoms with Crippen LogP contribution in [0.4, 0.5) is 0 Å². The first kappa shape index (κ1) is 9.90. The van der Waals surface area contributed by atoms with Gasteiger partial charge >= 0.3 is 0 Å². The molecule has 0 amide bonds. The molecule has 0 saturated heterocycles. The van der Waals surface area contributed by atoms with E-state index >= 15 is 0 Å². The number of aryl methyl sites for hydroxylation is 1. The van der Waals surface area contributed by atoms with Gasteiger partial charge in [0.15, 0.2) is 5.43 Å². The van der Waals surface area contributed by atoms with Crippen molar-refractivity contribution in [2.75, 3.05) is 0 Å². The minimum absolute atomic E-state index is 0.00755. The van der Waals surface area contributed by atoms with E-state index in [0.29, 0.717) is 16.7 Å². The molecule has 3 heteroatoms. The minimum atomic E-state index is -0.216. The number of phenols is 1. The average Bonchev–Trinajstić information content (AvgIpc) is 2.28. The molecule has 0 fully saturated rings. The summed E-state index contributed by atoms with van der Waals surface area (Å²) in [5.41, 5.74) is 0.207. The normalized spacial score (nSPS) is 11.1. The van der Waals surface area contributed by atoms with Crippen molar-refractivity contribution in [1.82, 2.24) is 0 Å². The van der Waals surface area contributed by atoms with Gasteiger partial charge in [-0.05, 0) is 18.4 Å². The quantitative estimate of drug-likeness (QED) is 0.599. The average molecular weight is 226 g/mol. The Balaban J connectivity index is 2.64. The molecule has 84 valence electrons. The second-order valence-corrected chi connectivity index (χ2v) is 4.04. The molecule has 3 aromatic rings. The van der Waals surface area contributed by atoms with Gasteiger partial charge in [0.25, 0.3) is 0 Å². The van der Waals surface area contributed by atoms with Gasteiger partial charge in [-0.3, -0.25) is 4.79 Å². The molecule has 0 aliphatic carbocycles. The van der Waals surface area contributed by atoms with E-state index < -0.39 is 0 Å². The van der Waals surface area contributed by atoms with Crippen LogP contribution in [-0.2, 0) is 0 Å². The highest BCUT2D eigenvalue weighted by Gasteiger charge is 2.11. The Labute approximate surface area is 96.9 Å². The summed E-state index contributed by atoms with van der Waals surface area (Å²) in [6, 6.07) is 10.5. The van der Waals surface area contributed by atoms with Gasteiger partial charge in [0.1, 0.15) is 22.5 Å². The Morgan fingerprint density at radius 3 is 2.76 bits per heavy atom. The van der Waals surface area contributed by atoms with Crippen LogP contribution in [0.15, 0.2) is 45.6 Å². The number of hydrogen-bond donors (Lipinski definition) is 1. The summed E-state index contributed by atoms with van der Waals surface area (Å²) < 4.78 is 5.47. The van der Waals surface area contributed by atoms with Crippen LogP contribution in [-0.4, -0.2) is 5.11 Å². The molecule has 0 bridgehead atoms. The standard InChI is InChI=1S/C14H10O3/c1-8-6-11(15)13-12(17-8)7-9-4-2-3-5-10(9)14(13)16/h2-7,16H,1H3. The third-order valence-corrected chi connectivity index (χ3v) is 2.84. The molecule has 3 nitrogen and oxygen atoms in total. The van der Waals surface area contributed by atoms with Crippen LogP contribution in [0.2, 0.25) is 0 Å². The predicted octanol–water partition coefficient (Wildman–Crippen LogP) is 2.96. The smallest absolute Gasteiger partial charge is 0.196 e. The fraction of sp³-hybridized carbons (Fsp3) is 0.0714. The van der Waals surface area contributed by atoms with Gasteiger partial charge in [-0.2, -0.15) is 0 Å². The zero-order valence-corrected chi connectivity index (χ0v) is 9.23. The van der Waals surface area contributed by atoms with Gasteiger partial charge in [0.2, 0.25) is 0 Å². The number of rotatable bonds is 0. The van der Waals surface area contributed by atoms with Gasteiger partial charge in [-0.25, -0.2) is 0 Å². The predicted molar refractivity (Wildman–Crippen MR) is 66.4 cm³/mol. The SMILES string of the molecule is Cc1cc(=O)c2c(O)c3ccccc3cc2o1. The molecule has 0 atom stereocenters. The third-order valence-electron chi connectivity index (χ3n) is 2.84. The van der Waals surface area contributed by atoms with E-state index in [1.807, 2.05) is 18.2 Å². The maximum Gasteiger partial charge on any atom is 0.196 e. The van der Waals surface area contributed by atoms with Gasteiger partial charge in [-0.15, -0.1) is 0 Å². The van der Waals surface area contributed by atoms with Crippen LogP contribution < -0.4 is 5.43 Å². The van der Waals surface area contributed by atoms with Crippen molar-refractivity contribution in [2.24, 2.45) is 0 Å². The van der Waals surface area contributed by atoms with E-state index in [1.54, 1.807) is 19.1 Å². The lowest BCUT2D eigenvalue weighted by Crippen LogP contribution is -2.00. The molecule has 0 aliphatic rings. The lowest BCUT2D eigenvalue weighted by molar-refractivity contribution is 0.485. The molecule has 0 radical (unpaired) electrons. The van der Waals surface area contributed by atoms with Crippen LogP contribution in [0.5, 0.6) is 5.75 Å². The minimum Gasteiger partial charge on any atom is -0.506 e. The zero-order valence-electron chi connectivity index (χ0n) is 9.23. The second-order valence-electron chi connectivity index (χ2n) is 4.04. The summed E-state index contributed by atoms with van der Waals surface area (Å²) in [6.07, 6.45) is 0. The van der Waals surface area contributed by atoms with Gasteiger partial charge in [-0.1, -0.05) is 24.3 Å². The van der Waals surface area contributed by atoms with E-state index in [9.17, 15) is 9.90 Å². The molecule has 1 aromatic heterocycles. The highest BCUT2D eigenvalue weighted by atomic mass is 16.3. The summed E-state index contributed by atoms with van der Waals surface area (Å²) in [5, 5.41) is 11.9. The van der Waals surface area contributed by atoms with Crippen LogP contribution >= 0.6 is 0 Å². The fourth-order valence-electron chi connectivity index (χ4n) is 2.08. The van der Waals surface area contributed by atoms with E-state index in [-0.39, 0.29) is 16.6 Å². The van der Waals surface area contributed by atoms with Crippen LogP contribution in [0.25, 0.3) is 21.7 Å². The van der Waals surface area contributed by atoms with Gasteiger partial charge in [0, 0.05) is 11.5 Å². The Kier molecular flexibility index (Phi) is 1.95. The Bertz CT molecular complexity index is 784. The third kappa shape index (κ3) is 1.40. The lowest BCUT2D eigenvalue weighted by atomic mass is 10.1. The molecular formula is C14H10O3. The summed E-state index contributed by atoms with van der Waals surface area (Å²) in [6.45, 7) is 1.72. The van der Waals surface area contributed by atoms with Crippen molar-refractivity contribution in [3.8, 4) is 5.75 Å². The highest BCUT2D eigenvalue weighted by Crippen LogP contribution is 2.31. The second kappa shape index (κ2) is 3.35. The van der Waals surface area contributed by atoms with E-state index in [1.165, 1.54) is 6.07 Å². The Morgan fingerprint density at radius 2 is 1.94 bits per heavy atom. The molecule has 2 aromatic carbocycles. The van der Waals surface area contributed by atoms with Gasteiger partial charge < -0.3 is 9.52 Å². The molecule has 0 unspecified atom stereocenters. The number of fused-ring (bicyclic) bond motifs is 2. The summed E-state index contributed by atoms with van der Waals surface area (Å²) >= 11 is 0. The topological polar surface area (TPSA) is 50.4 Å². The van der Waals surface area contributed by atoms with Gasteiger partial charge in [0.05, 0.1) is 0 Å². The number of aromatic hydroxyl groups is 1. The van der Waals surface area contributed by atoms with E-state index in [0.717, 1.165) is 5.39 Å². The van der Waals surface area contributed by atoms with Crippen LogP contribution in [0, 0.1) is 6.92 Å². The molecule has 17 heavy (non-hydrogen) atoms. The fourth-order valence-corrected chi connectivity index (χ4v) is 2.08. The molecular weight excluding hydrogens is 216 g/mol. The first-order chi connectivity index (χ1) is 8.16. The van der Waals surface area contributed by atoms with Crippen molar-refractivity contribution in [1.29, 1.82) is 0 Å². The Morgan fingerprint density at radius 1 is 1.18 bits per heavy atom. The maximum atomic E-state index is 11.8. The summed E-state index contributed by atoms with van der Waals surface area (Å²) in [7, 11) is 0. The summed E-state index contributed by atoms with van der Waals surface area (Å²) in [4.78, 5) is 11.8. The van der Waals surface area contributed by atoms with E-state index in [4.69, 9.17) is 4.42 Å². The molecule has 1 N–H and O–H groups in total. The van der Waals surface area contributed by atoms with Crippen molar-refractivity contribution in [3.05, 3.63) is 52.4 Å². The maximum absolute atomic E-state index is 11.8. The molecule has 1 heterocycles. The van der Waals surface area contributed by atoms with Crippen molar-refractivity contribution < 1.29 is 9.52 Å². The first-order valence-corrected chi connectivity index (χ1v) is 5.32. The first-order valence-electron chi connectivity index (χ1n) is 5.32. The number of benzene rings is 2. The largest absolute Gasteiger partial charge is 0.506 e. The van der Waals surface area contributed by atoms with Crippen molar-refractivity contribution >= 4 is 21.7 Å². The lowest BCUT2D eigenvalue weighted by Gasteiger charge is -2.05. The zero-order chi connectivity index (χ0) is 12.0. The molecule has 0 spiro atoms. The molecule has 3 rings (SSSR count). The molecule has 0 aliphatic heterocycles. The molecule has 0 saturated carbocycles. The van der Waals surface area contributed by atoms with Crippen LogP contribution in [0.3, 0.4) is 0 Å². The van der Waals surface area contributed by atoms with Crippen molar-refractivity contribution in [2.45, 2.75) is 6.92 Å². The number of phenolic OH excluding ortho intramolecular Hbond substituents is 1. The summed E-state index contributed by atoms with van der Waals surface area (Å²) in [5.74, 6) is 0.532. The van der Waals surface area contributed by atoms with Crippen LogP contribution in [0.1, 0.15) is 5.76 Å². The number of hydrogen-bond acceptors (Lipinski definition) is 3. The van der Waals surface area contributed by atoms with Crippen molar-refractivity contribution in [3.63, 3.8) is 0 Å². The Hall–Kier alpha value is -2.29. The monoisotopic (exact) mass is 226 g/mol. The highest BCUT2D eigenvalue weighted by molar-refractivity contribution is 6.02. The van der Waals surface area contributed by atoms with E-state index in [2.05, 4.69) is 0 Å².